The smallest absolute Gasteiger partial charge is 0.275 e. The van der Waals surface area contributed by atoms with Gasteiger partial charge in [-0.1, -0.05) is 17.7 Å². The van der Waals surface area contributed by atoms with Gasteiger partial charge in [0.2, 0.25) is 0 Å². The Bertz CT molecular complexity index is 662. The van der Waals surface area contributed by atoms with Crippen LogP contribution in [0.15, 0.2) is 30.6 Å². The Kier molecular flexibility index (Phi) is 3.56. The number of aromatic nitrogens is 2. The van der Waals surface area contributed by atoms with Crippen molar-refractivity contribution in [2.75, 3.05) is 10.6 Å². The largest absolute Gasteiger partial charge is 0.366 e. The molecule has 1 aliphatic rings. The lowest BCUT2D eigenvalue weighted by atomic mass is 10.1. The molecule has 0 atom stereocenters. The van der Waals surface area contributed by atoms with E-state index in [0.29, 0.717) is 11.7 Å². The summed E-state index contributed by atoms with van der Waals surface area (Å²) in [4.78, 5) is 20.6. The summed E-state index contributed by atoms with van der Waals surface area (Å²) in [6.07, 6.45) is 5.46. The number of anilines is 2. The van der Waals surface area contributed by atoms with Gasteiger partial charge >= 0.3 is 0 Å². The van der Waals surface area contributed by atoms with E-state index in [0.717, 1.165) is 17.1 Å². The molecular weight excluding hydrogens is 264 g/mol. The summed E-state index contributed by atoms with van der Waals surface area (Å²) in [6.45, 7) is 3.99. The molecule has 5 heteroatoms. The summed E-state index contributed by atoms with van der Waals surface area (Å²) < 4.78 is 0. The summed E-state index contributed by atoms with van der Waals surface area (Å²) in [5.41, 5.74) is 3.31. The summed E-state index contributed by atoms with van der Waals surface area (Å²) in [6, 6.07) is 6.43. The topological polar surface area (TPSA) is 66.9 Å². The van der Waals surface area contributed by atoms with Gasteiger partial charge in [0.1, 0.15) is 11.5 Å². The number of nitrogens with zero attached hydrogens (tertiary/aromatic N) is 2. The number of rotatable bonds is 4. The third kappa shape index (κ3) is 3.37. The van der Waals surface area contributed by atoms with E-state index in [1.54, 1.807) is 6.20 Å². The summed E-state index contributed by atoms with van der Waals surface area (Å²) in [5.74, 6) is 0.480. The van der Waals surface area contributed by atoms with Crippen molar-refractivity contribution in [3.05, 3.63) is 47.4 Å². The van der Waals surface area contributed by atoms with Gasteiger partial charge in [-0.3, -0.25) is 4.79 Å². The van der Waals surface area contributed by atoms with Crippen LogP contribution in [0.2, 0.25) is 0 Å². The second kappa shape index (κ2) is 5.52. The molecule has 0 saturated heterocycles. The molecular formula is C16H18N4O. The van der Waals surface area contributed by atoms with Crippen LogP contribution >= 0.6 is 0 Å². The van der Waals surface area contributed by atoms with Gasteiger partial charge in [0.05, 0.1) is 12.4 Å². The average molecular weight is 282 g/mol. The molecule has 1 amide bonds. The number of hydrogen-bond acceptors (Lipinski definition) is 4. The number of nitrogens with one attached hydrogen (secondary N) is 2. The lowest BCUT2D eigenvalue weighted by Crippen LogP contribution is -2.15. The van der Waals surface area contributed by atoms with Crippen molar-refractivity contribution in [2.45, 2.75) is 32.7 Å². The first-order valence-corrected chi connectivity index (χ1v) is 7.09. The Morgan fingerprint density at radius 1 is 1.19 bits per heavy atom. The molecule has 1 heterocycles. The molecule has 2 N–H and O–H groups in total. The highest BCUT2D eigenvalue weighted by atomic mass is 16.1. The standard InChI is InChI=1S/C16H18N4O/c1-10-3-6-13(11(2)7-10)20-16(21)14-8-18-15(9-17-14)19-12-4-5-12/h3,6-9,12H,4-5H2,1-2H3,(H,18,19)(H,20,21). The van der Waals surface area contributed by atoms with Gasteiger partial charge in [-0.25, -0.2) is 9.97 Å². The van der Waals surface area contributed by atoms with Crippen molar-refractivity contribution in [3.8, 4) is 0 Å². The summed E-state index contributed by atoms with van der Waals surface area (Å²) >= 11 is 0. The molecule has 0 aliphatic heterocycles. The molecule has 3 rings (SSSR count). The second-order valence-corrected chi connectivity index (χ2v) is 5.48. The van der Waals surface area contributed by atoms with Crippen molar-refractivity contribution < 1.29 is 4.79 Å². The van der Waals surface area contributed by atoms with Crippen LogP contribution in [-0.2, 0) is 0 Å². The van der Waals surface area contributed by atoms with Crippen molar-refractivity contribution in [1.29, 1.82) is 0 Å². The molecule has 21 heavy (non-hydrogen) atoms. The predicted molar refractivity (Wildman–Crippen MR) is 82.5 cm³/mol. The first-order chi connectivity index (χ1) is 10.1. The molecule has 108 valence electrons. The number of benzene rings is 1. The Balaban J connectivity index is 1.69. The summed E-state index contributed by atoms with van der Waals surface area (Å²) in [5, 5.41) is 6.11. The lowest BCUT2D eigenvalue weighted by Gasteiger charge is -2.09. The first-order valence-electron chi connectivity index (χ1n) is 7.09. The van der Waals surface area contributed by atoms with Crippen LogP contribution in [0.1, 0.15) is 34.5 Å². The Morgan fingerprint density at radius 3 is 2.62 bits per heavy atom. The van der Waals surface area contributed by atoms with E-state index in [-0.39, 0.29) is 5.91 Å². The molecule has 1 aromatic heterocycles. The minimum absolute atomic E-state index is 0.243. The van der Waals surface area contributed by atoms with Crippen LogP contribution in [0.25, 0.3) is 0 Å². The average Bonchev–Trinajstić information content (AvgIpc) is 3.26. The number of amides is 1. The van der Waals surface area contributed by atoms with E-state index in [9.17, 15) is 4.79 Å². The number of hydrogen-bond donors (Lipinski definition) is 2. The van der Waals surface area contributed by atoms with Crippen LogP contribution in [0.3, 0.4) is 0 Å². The highest BCUT2D eigenvalue weighted by Gasteiger charge is 2.21. The molecule has 1 saturated carbocycles. The molecule has 2 aromatic rings. The monoisotopic (exact) mass is 282 g/mol. The van der Waals surface area contributed by atoms with E-state index >= 15 is 0 Å². The molecule has 0 radical (unpaired) electrons. The number of carbonyl (C=O) groups is 1. The van der Waals surface area contributed by atoms with Crippen LogP contribution < -0.4 is 10.6 Å². The van der Waals surface area contributed by atoms with E-state index in [1.165, 1.54) is 24.6 Å². The number of aryl methyl sites for hydroxylation is 2. The van der Waals surface area contributed by atoms with Gasteiger partial charge in [-0.15, -0.1) is 0 Å². The van der Waals surface area contributed by atoms with Crippen LogP contribution in [0, 0.1) is 13.8 Å². The summed E-state index contributed by atoms with van der Waals surface area (Å²) in [7, 11) is 0. The van der Waals surface area contributed by atoms with Gasteiger partial charge in [0.15, 0.2) is 0 Å². The van der Waals surface area contributed by atoms with E-state index in [4.69, 9.17) is 0 Å². The highest BCUT2D eigenvalue weighted by Crippen LogP contribution is 2.23. The van der Waals surface area contributed by atoms with E-state index < -0.39 is 0 Å². The van der Waals surface area contributed by atoms with Crippen molar-refractivity contribution in [1.82, 2.24) is 9.97 Å². The van der Waals surface area contributed by atoms with Crippen molar-refractivity contribution in [2.24, 2.45) is 0 Å². The zero-order chi connectivity index (χ0) is 14.8. The molecule has 1 aliphatic carbocycles. The fourth-order valence-electron chi connectivity index (χ4n) is 2.10. The quantitative estimate of drug-likeness (QED) is 0.904. The van der Waals surface area contributed by atoms with Gasteiger partial charge in [-0.05, 0) is 38.3 Å². The maximum atomic E-state index is 12.2. The molecule has 0 bridgehead atoms. The minimum atomic E-state index is -0.243. The van der Waals surface area contributed by atoms with Gasteiger partial charge in [0, 0.05) is 11.7 Å². The fraction of sp³-hybridized carbons (Fsp3) is 0.312. The van der Waals surface area contributed by atoms with E-state index in [1.807, 2.05) is 32.0 Å². The van der Waals surface area contributed by atoms with Crippen molar-refractivity contribution >= 4 is 17.4 Å². The van der Waals surface area contributed by atoms with Gasteiger partial charge in [0.25, 0.3) is 5.91 Å². The Hall–Kier alpha value is -2.43. The SMILES string of the molecule is Cc1ccc(NC(=O)c2cnc(NC3CC3)cn2)c(C)c1. The van der Waals surface area contributed by atoms with Crippen LogP contribution in [-0.4, -0.2) is 21.9 Å². The molecule has 5 nitrogen and oxygen atoms in total. The normalized spacial score (nSPS) is 13.8. The molecule has 0 unspecified atom stereocenters. The first kappa shape index (κ1) is 13.5. The predicted octanol–water partition coefficient (Wildman–Crippen LogP) is 2.92. The minimum Gasteiger partial charge on any atom is -0.366 e. The Labute approximate surface area is 123 Å². The number of carbonyl (C=O) groups excluding carboxylic acids is 1. The van der Waals surface area contributed by atoms with Gasteiger partial charge in [-0.2, -0.15) is 0 Å². The maximum absolute atomic E-state index is 12.2. The molecule has 1 aromatic carbocycles. The third-order valence-electron chi connectivity index (χ3n) is 3.44. The third-order valence-corrected chi connectivity index (χ3v) is 3.44. The second-order valence-electron chi connectivity index (χ2n) is 5.48. The zero-order valence-electron chi connectivity index (χ0n) is 12.2. The van der Waals surface area contributed by atoms with E-state index in [2.05, 4.69) is 20.6 Å². The van der Waals surface area contributed by atoms with Crippen molar-refractivity contribution in [3.63, 3.8) is 0 Å². The Morgan fingerprint density at radius 2 is 2.00 bits per heavy atom. The van der Waals surface area contributed by atoms with Gasteiger partial charge < -0.3 is 10.6 Å². The lowest BCUT2D eigenvalue weighted by molar-refractivity contribution is 0.102. The molecule has 1 fully saturated rings. The van der Waals surface area contributed by atoms with Crippen LogP contribution in [0.4, 0.5) is 11.5 Å². The zero-order valence-corrected chi connectivity index (χ0v) is 12.2. The van der Waals surface area contributed by atoms with Crippen LogP contribution in [0.5, 0.6) is 0 Å². The highest BCUT2D eigenvalue weighted by molar-refractivity contribution is 6.03. The fourth-order valence-corrected chi connectivity index (χ4v) is 2.10. The maximum Gasteiger partial charge on any atom is 0.275 e. The molecule has 0 spiro atoms.